The Morgan fingerprint density at radius 3 is 2.47 bits per heavy atom. The van der Waals surface area contributed by atoms with Gasteiger partial charge in [-0.2, -0.15) is 0 Å². The topological polar surface area (TPSA) is 102 Å². The maximum absolute atomic E-state index is 12.8. The molecule has 0 saturated carbocycles. The van der Waals surface area contributed by atoms with Crippen molar-refractivity contribution in [2.45, 2.75) is 27.7 Å². The van der Waals surface area contributed by atoms with Crippen molar-refractivity contribution in [2.75, 3.05) is 11.9 Å². The number of fused-ring (bicyclic) bond motifs is 1. The normalized spacial score (nSPS) is 12.4. The fourth-order valence-corrected chi connectivity index (χ4v) is 3.57. The van der Waals surface area contributed by atoms with Gasteiger partial charge in [0.25, 0.3) is 5.91 Å². The van der Waals surface area contributed by atoms with E-state index in [4.69, 9.17) is 21.1 Å². The third-order valence-corrected chi connectivity index (χ3v) is 5.25. The Morgan fingerprint density at radius 1 is 1.13 bits per heavy atom. The summed E-state index contributed by atoms with van der Waals surface area (Å²) >= 11 is 5.96. The van der Waals surface area contributed by atoms with Crippen LogP contribution in [0.5, 0.6) is 11.5 Å². The van der Waals surface area contributed by atoms with E-state index in [1.807, 2.05) is 13.8 Å². The fraction of sp³-hybridized carbons (Fsp3) is 0.227. The zero-order valence-corrected chi connectivity index (χ0v) is 17.6. The van der Waals surface area contributed by atoms with Crippen LogP contribution in [0, 0.1) is 20.8 Å². The Hall–Kier alpha value is -3.32. The summed E-state index contributed by atoms with van der Waals surface area (Å²) < 4.78 is 11.2. The molecule has 0 bridgehead atoms. The average Bonchev–Trinajstić information content (AvgIpc) is 2.68. The van der Waals surface area contributed by atoms with Gasteiger partial charge in [0.05, 0.1) is 16.3 Å². The minimum Gasteiger partial charge on any atom is -0.488 e. The molecule has 30 heavy (non-hydrogen) atoms. The highest BCUT2D eigenvalue weighted by Crippen LogP contribution is 2.41. The van der Waals surface area contributed by atoms with Gasteiger partial charge in [-0.25, -0.2) is 4.79 Å². The highest BCUT2D eigenvalue weighted by Gasteiger charge is 2.26. The molecule has 0 fully saturated rings. The largest absolute Gasteiger partial charge is 0.488 e. The Labute approximate surface area is 178 Å². The van der Waals surface area contributed by atoms with Gasteiger partial charge in [-0.1, -0.05) is 17.7 Å². The Morgan fingerprint density at radius 2 is 1.83 bits per heavy atom. The SMILES string of the molecule is CC(=O)Oc1c(C)c(C)c2c(c1C)C=C(C(=O)Nc1cccc(Cl)c1C(=O)O)CO2. The highest BCUT2D eigenvalue weighted by molar-refractivity contribution is 6.34. The zero-order chi connectivity index (χ0) is 22.2. The number of ether oxygens (including phenoxy) is 2. The molecule has 0 spiro atoms. The number of carboxylic acids is 1. The predicted octanol–water partition coefficient (Wildman–Crippen LogP) is 4.30. The molecular formula is C22H20ClNO6. The Balaban J connectivity index is 2.01. The predicted molar refractivity (Wildman–Crippen MR) is 112 cm³/mol. The van der Waals surface area contributed by atoms with Gasteiger partial charge >= 0.3 is 11.9 Å². The molecule has 0 unspecified atom stereocenters. The molecule has 8 heteroatoms. The van der Waals surface area contributed by atoms with Crippen molar-refractivity contribution in [2.24, 2.45) is 0 Å². The van der Waals surface area contributed by atoms with Crippen LogP contribution < -0.4 is 14.8 Å². The number of carbonyl (C=O) groups excluding carboxylic acids is 2. The molecule has 2 aromatic rings. The van der Waals surface area contributed by atoms with Gasteiger partial charge in [0, 0.05) is 18.1 Å². The molecule has 0 atom stereocenters. The summed E-state index contributed by atoms with van der Waals surface area (Å²) in [6, 6.07) is 4.45. The second-order valence-electron chi connectivity index (χ2n) is 6.92. The lowest BCUT2D eigenvalue weighted by Gasteiger charge is -2.24. The minimum atomic E-state index is -1.25. The van der Waals surface area contributed by atoms with Gasteiger partial charge in [0.15, 0.2) is 0 Å². The van der Waals surface area contributed by atoms with Crippen LogP contribution in [0.25, 0.3) is 6.08 Å². The molecule has 1 heterocycles. The highest BCUT2D eigenvalue weighted by atomic mass is 35.5. The first-order valence-electron chi connectivity index (χ1n) is 9.10. The minimum absolute atomic E-state index is 0.00837. The number of anilines is 1. The van der Waals surface area contributed by atoms with Gasteiger partial charge in [0.1, 0.15) is 23.7 Å². The number of aromatic carboxylic acids is 1. The van der Waals surface area contributed by atoms with Crippen molar-refractivity contribution in [1.29, 1.82) is 0 Å². The van der Waals surface area contributed by atoms with Gasteiger partial charge in [-0.05, 0) is 50.1 Å². The van der Waals surface area contributed by atoms with Crippen LogP contribution in [-0.4, -0.2) is 29.6 Å². The molecule has 3 rings (SSSR count). The number of halogens is 1. The number of hydrogen-bond donors (Lipinski definition) is 2. The van der Waals surface area contributed by atoms with E-state index in [0.29, 0.717) is 28.2 Å². The molecule has 0 aromatic heterocycles. The van der Waals surface area contributed by atoms with Crippen molar-refractivity contribution in [3.63, 3.8) is 0 Å². The van der Waals surface area contributed by atoms with Crippen molar-refractivity contribution in [1.82, 2.24) is 0 Å². The molecule has 1 aliphatic heterocycles. The number of hydrogen-bond acceptors (Lipinski definition) is 5. The summed E-state index contributed by atoms with van der Waals surface area (Å²) in [7, 11) is 0. The average molecular weight is 430 g/mol. The lowest BCUT2D eigenvalue weighted by Crippen LogP contribution is -2.23. The van der Waals surface area contributed by atoms with E-state index in [0.717, 1.165) is 11.1 Å². The van der Waals surface area contributed by atoms with Crippen LogP contribution in [0.2, 0.25) is 5.02 Å². The molecule has 2 N–H and O–H groups in total. The monoisotopic (exact) mass is 429 g/mol. The van der Waals surface area contributed by atoms with E-state index in [-0.39, 0.29) is 22.9 Å². The van der Waals surface area contributed by atoms with Crippen LogP contribution in [0.4, 0.5) is 5.69 Å². The maximum Gasteiger partial charge on any atom is 0.339 e. The smallest absolute Gasteiger partial charge is 0.339 e. The lowest BCUT2D eigenvalue weighted by atomic mass is 9.94. The van der Waals surface area contributed by atoms with E-state index >= 15 is 0 Å². The van der Waals surface area contributed by atoms with E-state index in [1.54, 1.807) is 19.1 Å². The second kappa shape index (κ2) is 8.20. The lowest BCUT2D eigenvalue weighted by molar-refractivity contribution is -0.132. The number of amides is 1. The molecule has 2 aromatic carbocycles. The fourth-order valence-electron chi connectivity index (χ4n) is 3.32. The summed E-state index contributed by atoms with van der Waals surface area (Å²) in [5.74, 6) is -1.16. The Kier molecular flexibility index (Phi) is 5.85. The zero-order valence-electron chi connectivity index (χ0n) is 16.9. The summed E-state index contributed by atoms with van der Waals surface area (Å²) in [6.07, 6.45) is 1.66. The maximum atomic E-state index is 12.8. The summed E-state index contributed by atoms with van der Waals surface area (Å²) in [4.78, 5) is 35.8. The van der Waals surface area contributed by atoms with Crippen LogP contribution >= 0.6 is 11.6 Å². The summed E-state index contributed by atoms with van der Waals surface area (Å²) in [5.41, 5.74) is 3.09. The molecule has 1 aliphatic rings. The van der Waals surface area contributed by atoms with Crippen molar-refractivity contribution in [3.05, 3.63) is 56.6 Å². The third kappa shape index (κ3) is 3.89. The van der Waals surface area contributed by atoms with Gasteiger partial charge < -0.3 is 19.9 Å². The van der Waals surface area contributed by atoms with Gasteiger partial charge in [0.2, 0.25) is 0 Å². The number of carboxylic acid groups (broad SMARTS) is 1. The first-order chi connectivity index (χ1) is 14.1. The molecular weight excluding hydrogens is 410 g/mol. The van der Waals surface area contributed by atoms with Gasteiger partial charge in [-0.15, -0.1) is 0 Å². The van der Waals surface area contributed by atoms with Crippen LogP contribution in [0.1, 0.15) is 39.5 Å². The molecule has 0 radical (unpaired) electrons. The van der Waals surface area contributed by atoms with Gasteiger partial charge in [-0.3, -0.25) is 9.59 Å². The van der Waals surface area contributed by atoms with Crippen molar-refractivity contribution >= 4 is 41.2 Å². The number of esters is 1. The number of nitrogens with one attached hydrogen (secondary N) is 1. The number of carbonyl (C=O) groups is 3. The standard InChI is InChI=1S/C22H20ClNO6/c1-10-11(2)20-15(12(3)19(10)30-13(4)25)8-14(9-29-20)21(26)24-17-7-5-6-16(23)18(17)22(27)28/h5-8H,9H2,1-4H3,(H,24,26)(H,27,28). The summed E-state index contributed by atoms with van der Waals surface area (Å²) in [6.45, 7) is 6.80. The molecule has 0 saturated heterocycles. The second-order valence-corrected chi connectivity index (χ2v) is 7.33. The van der Waals surface area contributed by atoms with Crippen molar-refractivity contribution < 1.29 is 29.0 Å². The number of rotatable bonds is 4. The van der Waals surface area contributed by atoms with Crippen molar-refractivity contribution in [3.8, 4) is 11.5 Å². The van der Waals surface area contributed by atoms with E-state index in [9.17, 15) is 19.5 Å². The molecule has 1 amide bonds. The van der Waals surface area contributed by atoms with E-state index in [2.05, 4.69) is 5.32 Å². The first kappa shape index (κ1) is 21.4. The first-order valence-corrected chi connectivity index (χ1v) is 9.48. The quantitative estimate of drug-likeness (QED) is 0.554. The molecule has 7 nitrogen and oxygen atoms in total. The van der Waals surface area contributed by atoms with E-state index in [1.165, 1.54) is 19.1 Å². The third-order valence-electron chi connectivity index (χ3n) is 4.94. The Bertz CT molecular complexity index is 1120. The van der Waals surface area contributed by atoms with E-state index < -0.39 is 17.8 Å². The molecule has 0 aliphatic carbocycles. The van der Waals surface area contributed by atoms with Crippen LogP contribution in [0.3, 0.4) is 0 Å². The molecule has 156 valence electrons. The van der Waals surface area contributed by atoms with Crippen LogP contribution in [0.15, 0.2) is 23.8 Å². The van der Waals surface area contributed by atoms with Crippen LogP contribution in [-0.2, 0) is 9.59 Å². The number of benzene rings is 2. The summed E-state index contributed by atoms with van der Waals surface area (Å²) in [5, 5.41) is 12.0.